The van der Waals surface area contributed by atoms with E-state index in [1.165, 1.54) is 23.1 Å². The maximum atomic E-state index is 13.0. The molecule has 0 radical (unpaired) electrons. The highest BCUT2D eigenvalue weighted by atomic mass is 35.7. The van der Waals surface area contributed by atoms with Gasteiger partial charge in [0.05, 0.1) is 5.02 Å². The van der Waals surface area contributed by atoms with Crippen LogP contribution in [0.15, 0.2) is 18.2 Å². The maximum Gasteiger partial charge on any atom is 0.237 e. The van der Waals surface area contributed by atoms with Crippen molar-refractivity contribution < 1.29 is 17.6 Å². The summed E-state index contributed by atoms with van der Waals surface area (Å²) in [5.41, 5.74) is 0.632. The van der Waals surface area contributed by atoms with E-state index in [-0.39, 0.29) is 30.4 Å². The Bertz CT molecular complexity index is 620. The summed E-state index contributed by atoms with van der Waals surface area (Å²) in [7, 11) is 1.49. The summed E-state index contributed by atoms with van der Waals surface area (Å²) in [5, 5.41) is -0.928. The number of rotatable bonds is 3. The van der Waals surface area contributed by atoms with Crippen molar-refractivity contribution in [3.8, 4) is 0 Å². The number of hydrogen-bond donors (Lipinski definition) is 0. The zero-order valence-electron chi connectivity index (χ0n) is 9.64. The average molecular weight is 326 g/mol. The average Bonchev–Trinajstić information content (AvgIpc) is 2.65. The lowest BCUT2D eigenvalue weighted by molar-refractivity contribution is -0.128. The molecule has 2 rings (SSSR count). The van der Waals surface area contributed by atoms with Gasteiger partial charge in [0.25, 0.3) is 0 Å². The van der Waals surface area contributed by atoms with Crippen molar-refractivity contribution in [3.63, 3.8) is 0 Å². The fourth-order valence-corrected chi connectivity index (χ4v) is 3.20. The highest BCUT2D eigenvalue weighted by molar-refractivity contribution is 8.14. The van der Waals surface area contributed by atoms with E-state index in [9.17, 15) is 17.6 Å². The first-order valence-corrected chi connectivity index (χ1v) is 8.17. The largest absolute Gasteiger partial charge is 0.337 e. The summed E-state index contributed by atoms with van der Waals surface area (Å²) in [6, 6.07) is 4.11. The second kappa shape index (κ2) is 5.26. The molecule has 4 nitrogen and oxygen atoms in total. The van der Waals surface area contributed by atoms with E-state index < -0.39 is 20.1 Å². The summed E-state index contributed by atoms with van der Waals surface area (Å²) in [5.74, 6) is -0.839. The predicted molar refractivity (Wildman–Crippen MR) is 70.0 cm³/mol. The number of halogens is 3. The van der Waals surface area contributed by atoms with Gasteiger partial charge in [-0.2, -0.15) is 0 Å². The van der Waals surface area contributed by atoms with Crippen LogP contribution >= 0.6 is 22.3 Å². The van der Waals surface area contributed by atoms with Gasteiger partial charge in [-0.1, -0.05) is 17.7 Å². The molecule has 8 heteroatoms. The Balaban J connectivity index is 2.12. The van der Waals surface area contributed by atoms with Gasteiger partial charge in [0, 0.05) is 30.2 Å². The molecule has 1 atom stereocenters. The first kappa shape index (κ1) is 14.6. The molecule has 1 saturated heterocycles. The molecule has 19 heavy (non-hydrogen) atoms. The number of amides is 1. The van der Waals surface area contributed by atoms with E-state index in [0.29, 0.717) is 5.56 Å². The van der Waals surface area contributed by atoms with Crippen LogP contribution in [0.5, 0.6) is 0 Å². The normalized spacial score (nSPS) is 20.1. The van der Waals surface area contributed by atoms with E-state index in [1.807, 2.05) is 0 Å². The highest BCUT2D eigenvalue weighted by Crippen LogP contribution is 2.24. The van der Waals surface area contributed by atoms with Crippen molar-refractivity contribution in [1.29, 1.82) is 0 Å². The summed E-state index contributed by atoms with van der Waals surface area (Å²) in [6.07, 6.45) is -0.124. The molecule has 1 aliphatic heterocycles. The van der Waals surface area contributed by atoms with Gasteiger partial charge in [0.1, 0.15) is 11.1 Å². The zero-order valence-corrected chi connectivity index (χ0v) is 12.0. The Kier molecular flexibility index (Phi) is 4.03. The molecule has 1 aromatic rings. The van der Waals surface area contributed by atoms with Gasteiger partial charge in [0.15, 0.2) is 0 Å². The number of benzene rings is 1. The molecule has 0 saturated carbocycles. The Morgan fingerprint density at radius 1 is 1.42 bits per heavy atom. The number of nitrogens with zero attached hydrogens (tertiary/aromatic N) is 1. The molecular weight excluding hydrogens is 316 g/mol. The Labute approximate surface area is 119 Å². The lowest BCUT2D eigenvalue weighted by Gasteiger charge is -2.16. The summed E-state index contributed by atoms with van der Waals surface area (Å²) in [6.45, 7) is 0.224. The first-order chi connectivity index (χ1) is 8.77. The SMILES string of the molecule is O=C1CC(S(=O)(=O)Cl)CN1Cc1ccc(F)c(Cl)c1. The van der Waals surface area contributed by atoms with Gasteiger partial charge in [-0.3, -0.25) is 4.79 Å². The topological polar surface area (TPSA) is 54.5 Å². The Hall–Kier alpha value is -0.850. The van der Waals surface area contributed by atoms with Crippen molar-refractivity contribution in [2.45, 2.75) is 18.2 Å². The first-order valence-electron chi connectivity index (χ1n) is 5.42. The Morgan fingerprint density at radius 2 is 2.11 bits per heavy atom. The van der Waals surface area contributed by atoms with Gasteiger partial charge in [-0.15, -0.1) is 0 Å². The van der Waals surface area contributed by atoms with Crippen molar-refractivity contribution >= 4 is 37.2 Å². The monoisotopic (exact) mass is 325 g/mol. The molecular formula is C11H10Cl2FNO3S. The minimum Gasteiger partial charge on any atom is -0.337 e. The van der Waals surface area contributed by atoms with E-state index in [2.05, 4.69) is 0 Å². The zero-order chi connectivity index (χ0) is 14.2. The molecule has 0 bridgehead atoms. The fourth-order valence-electron chi connectivity index (χ4n) is 1.94. The highest BCUT2D eigenvalue weighted by Gasteiger charge is 2.37. The van der Waals surface area contributed by atoms with Crippen LogP contribution in [0, 0.1) is 5.82 Å². The van der Waals surface area contributed by atoms with Crippen molar-refractivity contribution in [1.82, 2.24) is 4.90 Å². The molecule has 1 aliphatic rings. The van der Waals surface area contributed by atoms with Gasteiger partial charge < -0.3 is 4.90 Å². The molecule has 1 aromatic carbocycles. The van der Waals surface area contributed by atoms with E-state index >= 15 is 0 Å². The summed E-state index contributed by atoms with van der Waals surface area (Å²) < 4.78 is 35.4. The number of hydrogen-bond acceptors (Lipinski definition) is 3. The quantitative estimate of drug-likeness (QED) is 0.800. The second-order valence-electron chi connectivity index (χ2n) is 4.32. The molecule has 1 fully saturated rings. The molecule has 0 N–H and O–H groups in total. The van der Waals surface area contributed by atoms with Crippen LogP contribution in [0.1, 0.15) is 12.0 Å². The third kappa shape index (κ3) is 3.38. The van der Waals surface area contributed by atoms with Gasteiger partial charge in [0.2, 0.25) is 15.0 Å². The molecule has 1 amide bonds. The van der Waals surface area contributed by atoms with E-state index in [4.69, 9.17) is 22.3 Å². The molecule has 1 heterocycles. The Morgan fingerprint density at radius 3 is 2.63 bits per heavy atom. The van der Waals surface area contributed by atoms with E-state index in [1.54, 1.807) is 0 Å². The predicted octanol–water partition coefficient (Wildman–Crippen LogP) is 2.15. The third-order valence-electron chi connectivity index (χ3n) is 2.93. The van der Waals surface area contributed by atoms with Gasteiger partial charge >= 0.3 is 0 Å². The minimum atomic E-state index is -3.75. The second-order valence-corrected chi connectivity index (χ2v) is 7.64. The summed E-state index contributed by atoms with van der Waals surface area (Å²) >= 11 is 5.64. The van der Waals surface area contributed by atoms with Crippen molar-refractivity contribution in [3.05, 3.63) is 34.6 Å². The molecule has 0 aliphatic carbocycles. The number of likely N-dealkylation sites (tertiary alicyclic amines) is 1. The van der Waals surface area contributed by atoms with Crippen LogP contribution in [0.4, 0.5) is 4.39 Å². The van der Waals surface area contributed by atoms with Crippen molar-refractivity contribution in [2.75, 3.05) is 6.54 Å². The van der Waals surface area contributed by atoms with E-state index in [0.717, 1.165) is 0 Å². The van der Waals surface area contributed by atoms with Gasteiger partial charge in [-0.05, 0) is 17.7 Å². The standard InChI is InChI=1S/C11H10Cl2FNO3S/c12-9-3-7(1-2-10(9)14)5-15-6-8(4-11(15)16)19(13,17)18/h1-3,8H,4-6H2. The smallest absolute Gasteiger partial charge is 0.237 e. The lowest BCUT2D eigenvalue weighted by Crippen LogP contribution is -2.26. The van der Waals surface area contributed by atoms with Crippen LogP contribution < -0.4 is 0 Å². The molecule has 1 unspecified atom stereocenters. The fraction of sp³-hybridized carbons (Fsp3) is 0.364. The molecule has 104 valence electrons. The molecule has 0 aromatic heterocycles. The van der Waals surface area contributed by atoms with Crippen LogP contribution in [0.3, 0.4) is 0 Å². The number of carbonyl (C=O) groups excluding carboxylic acids is 1. The van der Waals surface area contributed by atoms with Crippen molar-refractivity contribution in [2.24, 2.45) is 0 Å². The van der Waals surface area contributed by atoms with Crippen LogP contribution in [-0.4, -0.2) is 31.0 Å². The lowest BCUT2D eigenvalue weighted by atomic mass is 10.2. The summed E-state index contributed by atoms with van der Waals surface area (Å²) in [4.78, 5) is 13.1. The van der Waals surface area contributed by atoms with Crippen LogP contribution in [-0.2, 0) is 20.4 Å². The van der Waals surface area contributed by atoms with Gasteiger partial charge in [-0.25, -0.2) is 12.8 Å². The third-order valence-corrected chi connectivity index (χ3v) is 5.09. The number of carbonyl (C=O) groups is 1. The molecule has 0 spiro atoms. The maximum absolute atomic E-state index is 13.0. The minimum absolute atomic E-state index is 0.0364. The van der Waals surface area contributed by atoms with Crippen LogP contribution in [0.2, 0.25) is 5.02 Å². The van der Waals surface area contributed by atoms with Crippen LogP contribution in [0.25, 0.3) is 0 Å².